The van der Waals surface area contributed by atoms with E-state index in [1.54, 1.807) is 11.3 Å². The summed E-state index contributed by atoms with van der Waals surface area (Å²) in [6.07, 6.45) is 1.90. The molecule has 0 unspecified atom stereocenters. The van der Waals surface area contributed by atoms with Crippen molar-refractivity contribution in [2.45, 2.75) is 33.9 Å². The van der Waals surface area contributed by atoms with Crippen molar-refractivity contribution in [1.82, 2.24) is 15.3 Å². The zero-order valence-electron chi connectivity index (χ0n) is 9.70. The van der Waals surface area contributed by atoms with E-state index in [0.29, 0.717) is 6.54 Å². The lowest BCUT2D eigenvalue weighted by Crippen LogP contribution is -2.11. The number of nitrogens with one attached hydrogen (secondary N) is 1. The highest BCUT2D eigenvalue weighted by molar-refractivity contribution is 7.11. The van der Waals surface area contributed by atoms with Gasteiger partial charge in [-0.3, -0.25) is 0 Å². The monoisotopic (exact) mass is 237 g/mol. The number of rotatable bonds is 4. The zero-order valence-corrected chi connectivity index (χ0v) is 10.5. The minimum atomic E-state index is 0.658. The highest BCUT2D eigenvalue weighted by Crippen LogP contribution is 2.12. The summed E-state index contributed by atoms with van der Waals surface area (Å²) in [5.41, 5.74) is 0.963. The molecular weight excluding hydrogens is 222 g/mol. The molecule has 1 N–H and O–H groups in total. The molecule has 86 valence electrons. The van der Waals surface area contributed by atoms with Crippen molar-refractivity contribution in [3.8, 4) is 0 Å². The van der Waals surface area contributed by atoms with Crippen LogP contribution in [0, 0.1) is 20.8 Å². The third-order valence-electron chi connectivity index (χ3n) is 2.32. The topological polar surface area (TPSA) is 51.0 Å². The van der Waals surface area contributed by atoms with E-state index in [1.165, 1.54) is 4.88 Å². The zero-order chi connectivity index (χ0) is 11.5. The maximum atomic E-state index is 5.47. The van der Waals surface area contributed by atoms with E-state index in [2.05, 4.69) is 15.3 Å². The molecule has 0 fully saturated rings. The molecule has 4 nitrogen and oxygen atoms in total. The normalized spacial score (nSPS) is 10.9. The average Bonchev–Trinajstić information content (AvgIpc) is 2.75. The summed E-state index contributed by atoms with van der Waals surface area (Å²) >= 11 is 1.71. The number of nitrogens with zero attached hydrogens (tertiary/aromatic N) is 2. The Morgan fingerprint density at radius 1 is 1.31 bits per heavy atom. The summed E-state index contributed by atoms with van der Waals surface area (Å²) in [6.45, 7) is 7.36. The van der Waals surface area contributed by atoms with Gasteiger partial charge in [0.1, 0.15) is 5.76 Å². The van der Waals surface area contributed by atoms with Crippen LogP contribution in [0.1, 0.15) is 27.2 Å². The van der Waals surface area contributed by atoms with Gasteiger partial charge in [-0.25, -0.2) is 9.97 Å². The fourth-order valence-corrected chi connectivity index (χ4v) is 2.16. The molecule has 0 saturated heterocycles. The second kappa shape index (κ2) is 4.76. The molecular formula is C11H15N3OS. The molecule has 0 aliphatic carbocycles. The Labute approximate surface area is 98.7 Å². The third-order valence-corrected chi connectivity index (χ3v) is 3.23. The van der Waals surface area contributed by atoms with E-state index in [4.69, 9.17) is 4.42 Å². The van der Waals surface area contributed by atoms with Crippen LogP contribution in [0.3, 0.4) is 0 Å². The van der Waals surface area contributed by atoms with Crippen molar-refractivity contribution in [1.29, 1.82) is 0 Å². The Morgan fingerprint density at radius 3 is 2.69 bits per heavy atom. The van der Waals surface area contributed by atoms with Gasteiger partial charge in [0.2, 0.25) is 5.89 Å². The SMILES string of the molecule is Cc1ncc(CNCc2nc(C)c(C)o2)s1. The molecule has 2 aromatic heterocycles. The van der Waals surface area contributed by atoms with Gasteiger partial charge in [-0.15, -0.1) is 11.3 Å². The molecule has 0 amide bonds. The van der Waals surface area contributed by atoms with Gasteiger partial charge in [0.25, 0.3) is 0 Å². The fourth-order valence-electron chi connectivity index (χ4n) is 1.39. The van der Waals surface area contributed by atoms with Crippen LogP contribution in [0.15, 0.2) is 10.6 Å². The highest BCUT2D eigenvalue weighted by atomic mass is 32.1. The van der Waals surface area contributed by atoms with Crippen LogP contribution >= 0.6 is 11.3 Å². The lowest BCUT2D eigenvalue weighted by Gasteiger charge is -1.97. The summed E-state index contributed by atoms with van der Waals surface area (Å²) in [5.74, 6) is 1.64. The van der Waals surface area contributed by atoms with E-state index in [0.717, 1.165) is 28.9 Å². The Morgan fingerprint density at radius 2 is 2.12 bits per heavy atom. The Hall–Kier alpha value is -1.20. The first kappa shape index (κ1) is 11.3. The molecule has 0 spiro atoms. The van der Waals surface area contributed by atoms with Crippen LogP contribution in [-0.4, -0.2) is 9.97 Å². The van der Waals surface area contributed by atoms with Crippen LogP contribution in [0.2, 0.25) is 0 Å². The molecule has 2 rings (SSSR count). The van der Waals surface area contributed by atoms with Gasteiger partial charge in [0, 0.05) is 17.6 Å². The van der Waals surface area contributed by atoms with Crippen LogP contribution in [0.5, 0.6) is 0 Å². The third kappa shape index (κ3) is 2.68. The fraction of sp³-hybridized carbons (Fsp3) is 0.455. The van der Waals surface area contributed by atoms with Crippen LogP contribution in [-0.2, 0) is 13.1 Å². The standard InChI is InChI=1S/C11H15N3OS/c1-7-8(2)15-11(14-7)6-12-4-10-5-13-9(3)16-10/h5,12H,4,6H2,1-3H3. The van der Waals surface area contributed by atoms with E-state index in [9.17, 15) is 0 Å². The van der Waals surface area contributed by atoms with Gasteiger partial charge >= 0.3 is 0 Å². The predicted molar refractivity (Wildman–Crippen MR) is 63.4 cm³/mol. The number of hydrogen-bond donors (Lipinski definition) is 1. The first-order valence-electron chi connectivity index (χ1n) is 5.20. The number of oxazole rings is 1. The minimum absolute atomic E-state index is 0.658. The van der Waals surface area contributed by atoms with Crippen molar-refractivity contribution in [3.63, 3.8) is 0 Å². The van der Waals surface area contributed by atoms with Crippen molar-refractivity contribution >= 4 is 11.3 Å². The lowest BCUT2D eigenvalue weighted by molar-refractivity contribution is 0.449. The quantitative estimate of drug-likeness (QED) is 0.886. The van der Waals surface area contributed by atoms with E-state index >= 15 is 0 Å². The molecule has 0 radical (unpaired) electrons. The summed E-state index contributed by atoms with van der Waals surface area (Å²) in [5, 5.41) is 4.38. The van der Waals surface area contributed by atoms with Crippen molar-refractivity contribution in [3.05, 3.63) is 33.4 Å². The van der Waals surface area contributed by atoms with Gasteiger partial charge in [0.15, 0.2) is 0 Å². The molecule has 0 saturated carbocycles. The van der Waals surface area contributed by atoms with Gasteiger partial charge in [-0.2, -0.15) is 0 Å². The number of hydrogen-bond acceptors (Lipinski definition) is 5. The first-order valence-corrected chi connectivity index (χ1v) is 6.01. The smallest absolute Gasteiger partial charge is 0.208 e. The van der Waals surface area contributed by atoms with Crippen molar-refractivity contribution < 1.29 is 4.42 Å². The van der Waals surface area contributed by atoms with E-state index < -0.39 is 0 Å². The summed E-state index contributed by atoms with van der Waals surface area (Å²) in [7, 11) is 0. The molecule has 0 aliphatic heterocycles. The van der Waals surface area contributed by atoms with E-state index in [1.807, 2.05) is 27.0 Å². The average molecular weight is 237 g/mol. The predicted octanol–water partition coefficient (Wildman–Crippen LogP) is 2.35. The molecule has 5 heteroatoms. The second-order valence-electron chi connectivity index (χ2n) is 3.70. The molecule has 0 bridgehead atoms. The first-order chi connectivity index (χ1) is 7.65. The summed E-state index contributed by atoms with van der Waals surface area (Å²) < 4.78 is 5.47. The molecule has 16 heavy (non-hydrogen) atoms. The summed E-state index contributed by atoms with van der Waals surface area (Å²) in [4.78, 5) is 9.74. The lowest BCUT2D eigenvalue weighted by atomic mass is 10.4. The van der Waals surface area contributed by atoms with Crippen LogP contribution in [0.4, 0.5) is 0 Å². The number of aromatic nitrogens is 2. The van der Waals surface area contributed by atoms with Crippen molar-refractivity contribution in [2.75, 3.05) is 0 Å². The largest absolute Gasteiger partial charge is 0.444 e. The van der Waals surface area contributed by atoms with Crippen molar-refractivity contribution in [2.24, 2.45) is 0 Å². The Kier molecular flexibility index (Phi) is 3.36. The van der Waals surface area contributed by atoms with Crippen LogP contribution < -0.4 is 5.32 Å². The number of aryl methyl sites for hydroxylation is 3. The van der Waals surface area contributed by atoms with Gasteiger partial charge < -0.3 is 9.73 Å². The maximum Gasteiger partial charge on any atom is 0.208 e. The molecule has 2 heterocycles. The van der Waals surface area contributed by atoms with Crippen LogP contribution in [0.25, 0.3) is 0 Å². The van der Waals surface area contributed by atoms with Gasteiger partial charge in [0.05, 0.1) is 17.2 Å². The molecule has 2 aromatic rings. The molecule has 0 aromatic carbocycles. The number of thiazole rings is 1. The molecule has 0 aliphatic rings. The Bertz CT molecular complexity index is 456. The second-order valence-corrected chi connectivity index (χ2v) is 5.02. The van der Waals surface area contributed by atoms with Gasteiger partial charge in [-0.1, -0.05) is 0 Å². The summed E-state index contributed by atoms with van der Waals surface area (Å²) in [6, 6.07) is 0. The maximum absolute atomic E-state index is 5.47. The van der Waals surface area contributed by atoms with E-state index in [-0.39, 0.29) is 0 Å². The highest BCUT2D eigenvalue weighted by Gasteiger charge is 2.05. The molecule has 0 atom stereocenters. The Balaban J connectivity index is 1.84. The minimum Gasteiger partial charge on any atom is -0.444 e. The van der Waals surface area contributed by atoms with Gasteiger partial charge in [-0.05, 0) is 20.8 Å².